The standard InChI is InChI=1S/C8H11ClN2OS2/c1-11(2)3-4-13-8-10-7(9)6(5-12)14-8/h5H,3-4H2,1-2H3. The predicted octanol–water partition coefficient (Wildman–Crippen LogP) is 2.26. The summed E-state index contributed by atoms with van der Waals surface area (Å²) in [6.45, 7) is 0.984. The second-order valence-corrected chi connectivity index (χ2v) is 5.64. The van der Waals surface area contributed by atoms with Crippen molar-refractivity contribution in [3.63, 3.8) is 0 Å². The number of halogens is 1. The molecule has 0 N–H and O–H groups in total. The number of thioether (sulfide) groups is 1. The number of aromatic nitrogens is 1. The highest BCUT2D eigenvalue weighted by atomic mass is 35.5. The highest BCUT2D eigenvalue weighted by Gasteiger charge is 2.08. The minimum Gasteiger partial charge on any atom is -0.309 e. The Labute approximate surface area is 96.5 Å². The molecule has 3 nitrogen and oxygen atoms in total. The third-order valence-corrected chi connectivity index (χ3v) is 3.97. The fourth-order valence-electron chi connectivity index (χ4n) is 0.744. The first-order chi connectivity index (χ1) is 6.63. The largest absolute Gasteiger partial charge is 0.309 e. The smallest absolute Gasteiger partial charge is 0.163 e. The maximum absolute atomic E-state index is 10.5. The Morgan fingerprint density at radius 2 is 2.36 bits per heavy atom. The summed E-state index contributed by atoms with van der Waals surface area (Å²) in [5, 5.41) is 0.317. The molecule has 14 heavy (non-hydrogen) atoms. The van der Waals surface area contributed by atoms with Crippen LogP contribution in [0.4, 0.5) is 0 Å². The van der Waals surface area contributed by atoms with Crippen LogP contribution in [0.1, 0.15) is 9.67 Å². The van der Waals surface area contributed by atoms with Crippen molar-refractivity contribution in [1.29, 1.82) is 0 Å². The van der Waals surface area contributed by atoms with Gasteiger partial charge in [0.2, 0.25) is 0 Å². The second kappa shape index (κ2) is 5.70. The lowest BCUT2D eigenvalue weighted by Crippen LogP contribution is -2.14. The van der Waals surface area contributed by atoms with Crippen molar-refractivity contribution in [2.75, 3.05) is 26.4 Å². The van der Waals surface area contributed by atoms with E-state index in [2.05, 4.69) is 9.88 Å². The van der Waals surface area contributed by atoms with Gasteiger partial charge in [-0.1, -0.05) is 23.4 Å². The molecule has 0 aliphatic heterocycles. The zero-order chi connectivity index (χ0) is 10.6. The maximum atomic E-state index is 10.5. The molecule has 0 bridgehead atoms. The van der Waals surface area contributed by atoms with Crippen LogP contribution in [0.15, 0.2) is 4.34 Å². The molecule has 1 rings (SSSR count). The van der Waals surface area contributed by atoms with E-state index in [0.717, 1.165) is 22.9 Å². The Morgan fingerprint density at radius 3 is 2.86 bits per heavy atom. The molecule has 0 unspecified atom stereocenters. The van der Waals surface area contributed by atoms with Gasteiger partial charge in [-0.05, 0) is 14.1 Å². The molecule has 0 aromatic carbocycles. The highest BCUT2D eigenvalue weighted by molar-refractivity contribution is 8.01. The van der Waals surface area contributed by atoms with Crippen molar-refractivity contribution in [3.05, 3.63) is 10.0 Å². The Balaban J connectivity index is 2.47. The van der Waals surface area contributed by atoms with Gasteiger partial charge in [0.05, 0.1) is 0 Å². The molecule has 0 spiro atoms. The number of rotatable bonds is 5. The zero-order valence-corrected chi connectivity index (χ0v) is 10.4. The van der Waals surface area contributed by atoms with E-state index < -0.39 is 0 Å². The molecule has 0 fully saturated rings. The maximum Gasteiger partial charge on any atom is 0.163 e. The summed E-state index contributed by atoms with van der Waals surface area (Å²) in [5.74, 6) is 0.954. The Morgan fingerprint density at radius 1 is 1.64 bits per heavy atom. The molecule has 0 aliphatic rings. The molecule has 1 aromatic heterocycles. The topological polar surface area (TPSA) is 33.2 Å². The van der Waals surface area contributed by atoms with Crippen molar-refractivity contribution in [1.82, 2.24) is 9.88 Å². The lowest BCUT2D eigenvalue weighted by atomic mass is 10.6. The number of thiazole rings is 1. The van der Waals surface area contributed by atoms with E-state index in [0.29, 0.717) is 10.0 Å². The third-order valence-electron chi connectivity index (χ3n) is 1.46. The molecule has 0 atom stereocenters. The van der Waals surface area contributed by atoms with E-state index >= 15 is 0 Å². The van der Waals surface area contributed by atoms with Gasteiger partial charge in [-0.15, -0.1) is 11.3 Å². The summed E-state index contributed by atoms with van der Waals surface area (Å²) < 4.78 is 0.860. The Hall–Kier alpha value is -0.100. The molecule has 0 radical (unpaired) electrons. The van der Waals surface area contributed by atoms with E-state index in [-0.39, 0.29) is 0 Å². The van der Waals surface area contributed by atoms with Gasteiger partial charge in [0.25, 0.3) is 0 Å². The number of hydrogen-bond acceptors (Lipinski definition) is 5. The van der Waals surface area contributed by atoms with Gasteiger partial charge in [0.15, 0.2) is 15.8 Å². The summed E-state index contributed by atoms with van der Waals surface area (Å²) >= 11 is 8.70. The number of carbonyl (C=O) groups is 1. The monoisotopic (exact) mass is 250 g/mol. The van der Waals surface area contributed by atoms with Crippen molar-refractivity contribution in [3.8, 4) is 0 Å². The molecule has 0 aliphatic carbocycles. The summed E-state index contributed by atoms with van der Waals surface area (Å²) in [5.41, 5.74) is 0. The minimum absolute atomic E-state index is 0.317. The first kappa shape index (κ1) is 12.0. The van der Waals surface area contributed by atoms with Crippen LogP contribution in [-0.4, -0.2) is 42.6 Å². The van der Waals surface area contributed by atoms with Crippen LogP contribution < -0.4 is 0 Å². The summed E-state index contributed by atoms with van der Waals surface area (Å²) in [4.78, 5) is 17.2. The average Bonchev–Trinajstić information content (AvgIpc) is 2.45. The van der Waals surface area contributed by atoms with Gasteiger partial charge in [0, 0.05) is 12.3 Å². The molecular formula is C8H11ClN2OS2. The van der Waals surface area contributed by atoms with Gasteiger partial charge >= 0.3 is 0 Å². The lowest BCUT2D eigenvalue weighted by molar-refractivity contribution is 0.112. The molecule has 0 amide bonds. The fourth-order valence-corrected chi connectivity index (χ4v) is 3.13. The average molecular weight is 251 g/mol. The number of carbonyl (C=O) groups excluding carboxylic acids is 1. The Bertz CT molecular complexity index is 314. The summed E-state index contributed by atoms with van der Waals surface area (Å²) in [6, 6.07) is 0. The normalized spacial score (nSPS) is 10.9. The first-order valence-corrected chi connectivity index (χ1v) is 6.20. The fraction of sp³-hybridized carbons (Fsp3) is 0.500. The van der Waals surface area contributed by atoms with E-state index in [4.69, 9.17) is 11.6 Å². The van der Waals surface area contributed by atoms with Gasteiger partial charge in [-0.2, -0.15) is 0 Å². The van der Waals surface area contributed by atoms with E-state index in [1.54, 1.807) is 11.8 Å². The number of hydrogen-bond donors (Lipinski definition) is 0. The minimum atomic E-state index is 0.317. The molecular weight excluding hydrogens is 240 g/mol. The molecule has 78 valence electrons. The van der Waals surface area contributed by atoms with Crippen molar-refractivity contribution in [2.24, 2.45) is 0 Å². The van der Waals surface area contributed by atoms with Gasteiger partial charge in [-0.3, -0.25) is 4.79 Å². The van der Waals surface area contributed by atoms with E-state index in [1.807, 2.05) is 14.1 Å². The summed E-state index contributed by atoms with van der Waals surface area (Å²) in [7, 11) is 4.04. The van der Waals surface area contributed by atoms with Crippen LogP contribution >= 0.6 is 34.7 Å². The molecule has 0 saturated heterocycles. The lowest BCUT2D eigenvalue weighted by Gasteiger charge is -2.06. The SMILES string of the molecule is CN(C)CCSc1nc(Cl)c(C=O)s1. The number of aldehydes is 1. The van der Waals surface area contributed by atoms with Gasteiger partial charge in [0.1, 0.15) is 4.88 Å². The van der Waals surface area contributed by atoms with E-state index in [1.165, 1.54) is 11.3 Å². The van der Waals surface area contributed by atoms with Crippen molar-refractivity contribution >= 4 is 41.0 Å². The first-order valence-electron chi connectivity index (χ1n) is 4.02. The summed E-state index contributed by atoms with van der Waals surface area (Å²) in [6.07, 6.45) is 0.746. The molecule has 0 saturated carbocycles. The molecule has 1 aromatic rings. The van der Waals surface area contributed by atoms with Crippen molar-refractivity contribution < 1.29 is 4.79 Å². The van der Waals surface area contributed by atoms with Crippen LogP contribution in [0, 0.1) is 0 Å². The molecule has 6 heteroatoms. The van der Waals surface area contributed by atoms with Gasteiger partial charge in [-0.25, -0.2) is 4.98 Å². The van der Waals surface area contributed by atoms with Crippen LogP contribution in [-0.2, 0) is 0 Å². The zero-order valence-electron chi connectivity index (χ0n) is 7.99. The second-order valence-electron chi connectivity index (χ2n) is 2.90. The van der Waals surface area contributed by atoms with Crippen LogP contribution in [0.5, 0.6) is 0 Å². The number of nitrogens with zero attached hydrogens (tertiary/aromatic N) is 2. The highest BCUT2D eigenvalue weighted by Crippen LogP contribution is 2.28. The van der Waals surface area contributed by atoms with Crippen LogP contribution in [0.25, 0.3) is 0 Å². The van der Waals surface area contributed by atoms with E-state index in [9.17, 15) is 4.79 Å². The van der Waals surface area contributed by atoms with Crippen molar-refractivity contribution in [2.45, 2.75) is 4.34 Å². The van der Waals surface area contributed by atoms with Crippen LogP contribution in [0.2, 0.25) is 5.15 Å². The molecule has 1 heterocycles. The van der Waals surface area contributed by atoms with Gasteiger partial charge < -0.3 is 4.90 Å². The van der Waals surface area contributed by atoms with Crippen LogP contribution in [0.3, 0.4) is 0 Å². The predicted molar refractivity (Wildman–Crippen MR) is 61.8 cm³/mol. The Kier molecular flexibility index (Phi) is 4.88. The quantitative estimate of drug-likeness (QED) is 0.593. The third kappa shape index (κ3) is 3.57.